The topological polar surface area (TPSA) is 95.6 Å². The number of nitriles is 2. The van der Waals surface area contributed by atoms with Crippen LogP contribution in [0.2, 0.25) is 0 Å². The van der Waals surface area contributed by atoms with E-state index in [-0.39, 0.29) is 18.1 Å². The van der Waals surface area contributed by atoms with Crippen LogP contribution in [0.3, 0.4) is 0 Å². The maximum Gasteiger partial charge on any atom is 0.260 e. The number of benzene rings is 1. The minimum atomic E-state index is -0.106. The Kier molecular flexibility index (Phi) is 6.82. The molecule has 1 saturated heterocycles. The van der Waals surface area contributed by atoms with Crippen molar-refractivity contribution in [2.45, 2.75) is 6.92 Å². The fourth-order valence-corrected chi connectivity index (χ4v) is 2.30. The lowest BCUT2D eigenvalue weighted by Crippen LogP contribution is -2.43. The molecule has 1 amide bonds. The second kappa shape index (κ2) is 9.31. The van der Waals surface area contributed by atoms with E-state index in [1.807, 2.05) is 19.1 Å². The molecule has 1 heterocycles. The highest BCUT2D eigenvalue weighted by Gasteiger charge is 2.18. The van der Waals surface area contributed by atoms with Gasteiger partial charge in [0.2, 0.25) is 0 Å². The van der Waals surface area contributed by atoms with Gasteiger partial charge in [-0.3, -0.25) is 4.79 Å². The molecule has 0 aromatic heterocycles. The van der Waals surface area contributed by atoms with Crippen molar-refractivity contribution in [1.82, 2.24) is 4.90 Å². The van der Waals surface area contributed by atoms with Crippen molar-refractivity contribution >= 4 is 12.0 Å². The maximum absolute atomic E-state index is 12.2. The van der Waals surface area contributed by atoms with E-state index in [0.717, 1.165) is 0 Å². The molecule has 0 aliphatic carbocycles. The van der Waals surface area contributed by atoms with Crippen LogP contribution < -0.4 is 9.47 Å². The molecule has 0 unspecified atom stereocenters. The van der Waals surface area contributed by atoms with Crippen molar-refractivity contribution < 1.29 is 19.0 Å². The van der Waals surface area contributed by atoms with Gasteiger partial charge in [-0.1, -0.05) is 6.07 Å². The zero-order chi connectivity index (χ0) is 18.1. The molecule has 7 nitrogen and oxygen atoms in total. The third kappa shape index (κ3) is 5.23. The smallest absolute Gasteiger partial charge is 0.260 e. The average molecular weight is 341 g/mol. The molecular weight excluding hydrogens is 322 g/mol. The van der Waals surface area contributed by atoms with Crippen LogP contribution in [-0.4, -0.2) is 50.3 Å². The highest BCUT2D eigenvalue weighted by Crippen LogP contribution is 2.29. The van der Waals surface area contributed by atoms with E-state index < -0.39 is 0 Å². The molecule has 1 aliphatic rings. The first-order chi connectivity index (χ1) is 12.2. The number of carbonyl (C=O) groups is 1. The number of nitrogens with zero attached hydrogens (tertiary/aromatic N) is 3. The number of ether oxygens (including phenoxy) is 3. The summed E-state index contributed by atoms with van der Waals surface area (Å²) in [6.07, 6.45) is 1.46. The van der Waals surface area contributed by atoms with E-state index in [9.17, 15) is 4.79 Å². The monoisotopic (exact) mass is 341 g/mol. The molecule has 0 bridgehead atoms. The molecule has 0 spiro atoms. The molecule has 0 N–H and O–H groups in total. The third-order valence-electron chi connectivity index (χ3n) is 3.53. The zero-order valence-electron chi connectivity index (χ0n) is 14.0. The lowest BCUT2D eigenvalue weighted by molar-refractivity contribution is -0.137. The number of hydrogen-bond acceptors (Lipinski definition) is 6. The molecule has 0 atom stereocenters. The lowest BCUT2D eigenvalue weighted by Gasteiger charge is -2.26. The predicted molar refractivity (Wildman–Crippen MR) is 89.7 cm³/mol. The fraction of sp³-hybridized carbons (Fsp3) is 0.389. The summed E-state index contributed by atoms with van der Waals surface area (Å²) in [6.45, 7) is 4.38. The highest BCUT2D eigenvalue weighted by molar-refractivity contribution is 5.78. The normalized spacial score (nSPS) is 13.3. The summed E-state index contributed by atoms with van der Waals surface area (Å²) < 4.78 is 16.4. The summed E-state index contributed by atoms with van der Waals surface area (Å²) in [7, 11) is 0. The van der Waals surface area contributed by atoms with Gasteiger partial charge in [0.15, 0.2) is 18.1 Å². The van der Waals surface area contributed by atoms with Crippen molar-refractivity contribution in [2.24, 2.45) is 0 Å². The summed E-state index contributed by atoms with van der Waals surface area (Å²) >= 11 is 0. The predicted octanol–water partition coefficient (Wildman–Crippen LogP) is 1.75. The second-order valence-corrected chi connectivity index (χ2v) is 5.20. The average Bonchev–Trinajstić information content (AvgIpc) is 2.66. The van der Waals surface area contributed by atoms with E-state index in [1.54, 1.807) is 23.1 Å². The molecule has 2 rings (SSSR count). The Morgan fingerprint density at radius 2 is 1.96 bits per heavy atom. The van der Waals surface area contributed by atoms with E-state index in [4.69, 9.17) is 24.7 Å². The first-order valence-corrected chi connectivity index (χ1v) is 7.95. The van der Waals surface area contributed by atoms with Gasteiger partial charge in [0, 0.05) is 13.1 Å². The third-order valence-corrected chi connectivity index (χ3v) is 3.53. The summed E-state index contributed by atoms with van der Waals surface area (Å²) in [5.41, 5.74) is 0.645. The standard InChI is InChI=1S/C18H19N3O4/c1-2-24-17-10-14(9-15(11-19)12-20)3-4-16(17)25-13-18(22)21-5-7-23-8-6-21/h3-4,9-10H,2,5-8,13H2,1H3. The van der Waals surface area contributed by atoms with Gasteiger partial charge in [0.05, 0.1) is 19.8 Å². The van der Waals surface area contributed by atoms with Crippen LogP contribution >= 0.6 is 0 Å². The molecule has 1 aromatic rings. The van der Waals surface area contributed by atoms with Crippen molar-refractivity contribution in [3.8, 4) is 23.6 Å². The molecule has 0 radical (unpaired) electrons. The minimum absolute atomic E-state index is 0.00129. The molecule has 0 saturated carbocycles. The number of morpholine rings is 1. The molecule has 1 fully saturated rings. The van der Waals surface area contributed by atoms with E-state index in [0.29, 0.717) is 50.0 Å². The largest absolute Gasteiger partial charge is 0.490 e. The zero-order valence-corrected chi connectivity index (χ0v) is 14.0. The molecule has 1 aromatic carbocycles. The Labute approximate surface area is 146 Å². The Balaban J connectivity index is 2.09. The minimum Gasteiger partial charge on any atom is -0.490 e. The van der Waals surface area contributed by atoms with Crippen molar-refractivity contribution in [1.29, 1.82) is 10.5 Å². The Morgan fingerprint density at radius 3 is 2.60 bits per heavy atom. The number of carbonyl (C=O) groups excluding carboxylic acids is 1. The van der Waals surface area contributed by atoms with Crippen LogP contribution in [0, 0.1) is 22.7 Å². The van der Waals surface area contributed by atoms with Gasteiger partial charge in [0.1, 0.15) is 17.7 Å². The number of amides is 1. The van der Waals surface area contributed by atoms with Gasteiger partial charge in [0.25, 0.3) is 5.91 Å². The van der Waals surface area contributed by atoms with Crippen molar-refractivity contribution in [3.05, 3.63) is 29.3 Å². The van der Waals surface area contributed by atoms with Crippen LogP contribution in [0.4, 0.5) is 0 Å². The maximum atomic E-state index is 12.2. The highest BCUT2D eigenvalue weighted by atomic mass is 16.5. The van der Waals surface area contributed by atoms with Crippen molar-refractivity contribution in [2.75, 3.05) is 39.5 Å². The second-order valence-electron chi connectivity index (χ2n) is 5.20. The summed E-state index contributed by atoms with van der Waals surface area (Å²) in [5, 5.41) is 17.7. The molecule has 1 aliphatic heterocycles. The van der Waals surface area contributed by atoms with Gasteiger partial charge in [-0.2, -0.15) is 10.5 Å². The SMILES string of the molecule is CCOc1cc(C=C(C#N)C#N)ccc1OCC(=O)N1CCOCC1. The quantitative estimate of drug-likeness (QED) is 0.732. The first kappa shape index (κ1) is 18.3. The summed E-state index contributed by atoms with van der Waals surface area (Å²) in [6, 6.07) is 8.66. The first-order valence-electron chi connectivity index (χ1n) is 7.95. The lowest BCUT2D eigenvalue weighted by atomic mass is 10.1. The summed E-state index contributed by atoms with van der Waals surface area (Å²) in [5.74, 6) is 0.795. The van der Waals surface area contributed by atoms with E-state index in [2.05, 4.69) is 0 Å². The molecule has 130 valence electrons. The Morgan fingerprint density at radius 1 is 1.24 bits per heavy atom. The number of hydrogen-bond donors (Lipinski definition) is 0. The van der Waals surface area contributed by atoms with Crippen LogP contribution in [0.25, 0.3) is 6.08 Å². The Hall–Kier alpha value is -3.03. The van der Waals surface area contributed by atoms with E-state index >= 15 is 0 Å². The fourth-order valence-electron chi connectivity index (χ4n) is 2.30. The molecule has 7 heteroatoms. The van der Waals surface area contributed by atoms with E-state index in [1.165, 1.54) is 6.08 Å². The van der Waals surface area contributed by atoms with Gasteiger partial charge in [-0.05, 0) is 30.7 Å². The van der Waals surface area contributed by atoms with Gasteiger partial charge < -0.3 is 19.1 Å². The summed E-state index contributed by atoms with van der Waals surface area (Å²) in [4.78, 5) is 13.9. The van der Waals surface area contributed by atoms with Crippen LogP contribution in [0.5, 0.6) is 11.5 Å². The van der Waals surface area contributed by atoms with Gasteiger partial charge in [-0.25, -0.2) is 0 Å². The molecular formula is C18H19N3O4. The van der Waals surface area contributed by atoms with Crippen LogP contribution in [0.15, 0.2) is 23.8 Å². The van der Waals surface area contributed by atoms with Crippen LogP contribution in [-0.2, 0) is 9.53 Å². The van der Waals surface area contributed by atoms with Crippen molar-refractivity contribution in [3.63, 3.8) is 0 Å². The van der Waals surface area contributed by atoms with Crippen LogP contribution in [0.1, 0.15) is 12.5 Å². The van der Waals surface area contributed by atoms with Gasteiger partial charge >= 0.3 is 0 Å². The number of allylic oxidation sites excluding steroid dienone is 1. The number of rotatable bonds is 6. The Bertz CT molecular complexity index is 709. The molecule has 25 heavy (non-hydrogen) atoms. The van der Waals surface area contributed by atoms with Gasteiger partial charge in [-0.15, -0.1) is 0 Å².